The fraction of sp³-hybridized carbons (Fsp3) is 0.444. The van der Waals surface area contributed by atoms with Gasteiger partial charge in [-0.15, -0.1) is 0 Å². The van der Waals surface area contributed by atoms with Crippen LogP contribution < -0.4 is 10.2 Å². The average Bonchev–Trinajstić information content (AvgIpc) is 3.14. The van der Waals surface area contributed by atoms with Crippen molar-refractivity contribution in [3.8, 4) is 0 Å². The third-order valence-corrected chi connectivity index (χ3v) is 3.99. The average molecular weight is 313 g/mol. The third kappa shape index (κ3) is 3.55. The molecule has 122 valence electrons. The summed E-state index contributed by atoms with van der Waals surface area (Å²) in [6.07, 6.45) is 3.39. The van der Waals surface area contributed by atoms with Gasteiger partial charge in [0.15, 0.2) is 0 Å². The van der Waals surface area contributed by atoms with Crippen molar-refractivity contribution >= 4 is 17.3 Å². The van der Waals surface area contributed by atoms with Crippen LogP contribution in [0.2, 0.25) is 0 Å². The highest BCUT2D eigenvalue weighted by atomic mass is 16.4. The number of hydrogen-bond donors (Lipinski definition) is 1. The summed E-state index contributed by atoms with van der Waals surface area (Å²) >= 11 is 0. The van der Waals surface area contributed by atoms with Crippen molar-refractivity contribution in [2.45, 2.75) is 45.6 Å². The zero-order valence-corrected chi connectivity index (χ0v) is 13.9. The molecule has 0 unspecified atom stereocenters. The first-order valence-electron chi connectivity index (χ1n) is 8.03. The highest BCUT2D eigenvalue weighted by Crippen LogP contribution is 2.24. The molecule has 23 heavy (non-hydrogen) atoms. The van der Waals surface area contributed by atoms with E-state index in [1.165, 1.54) is 0 Å². The maximum Gasteiger partial charge on any atom is 0.227 e. The molecule has 1 aliphatic rings. The highest BCUT2D eigenvalue weighted by Gasteiger charge is 2.21. The molecule has 0 radical (unpaired) electrons. The molecule has 5 heteroatoms. The Morgan fingerprint density at radius 3 is 2.57 bits per heavy atom. The van der Waals surface area contributed by atoms with Crippen LogP contribution in [0.5, 0.6) is 0 Å². The van der Waals surface area contributed by atoms with Gasteiger partial charge in [-0.05, 0) is 30.7 Å². The molecule has 3 rings (SSSR count). The molecule has 1 N–H and O–H groups in total. The summed E-state index contributed by atoms with van der Waals surface area (Å²) in [7, 11) is 0. The van der Waals surface area contributed by atoms with Gasteiger partial charge in [-0.3, -0.25) is 4.79 Å². The van der Waals surface area contributed by atoms with E-state index in [0.717, 1.165) is 30.1 Å². The van der Waals surface area contributed by atoms with E-state index in [4.69, 9.17) is 4.42 Å². The minimum atomic E-state index is -0.0326. The molecule has 0 spiro atoms. The molecule has 1 aromatic heterocycles. The molecule has 0 bridgehead atoms. The van der Waals surface area contributed by atoms with Crippen LogP contribution in [0, 0.1) is 0 Å². The van der Waals surface area contributed by atoms with E-state index in [-0.39, 0.29) is 11.3 Å². The fourth-order valence-electron chi connectivity index (χ4n) is 2.60. The molecule has 1 amide bonds. The first kappa shape index (κ1) is 15.6. The molecular weight excluding hydrogens is 290 g/mol. The Morgan fingerprint density at radius 2 is 2.00 bits per heavy atom. The monoisotopic (exact) mass is 313 g/mol. The van der Waals surface area contributed by atoms with Gasteiger partial charge < -0.3 is 14.6 Å². The lowest BCUT2D eigenvalue weighted by atomic mass is 9.94. The van der Waals surface area contributed by atoms with Gasteiger partial charge in [0.05, 0.1) is 12.7 Å². The largest absolute Gasteiger partial charge is 0.443 e. The second kappa shape index (κ2) is 6.07. The molecule has 2 aromatic rings. The summed E-state index contributed by atoms with van der Waals surface area (Å²) in [4.78, 5) is 17.9. The number of carbonyl (C=O) groups is 1. The molecule has 1 aromatic carbocycles. The zero-order chi connectivity index (χ0) is 16.4. The lowest BCUT2D eigenvalue weighted by Gasteiger charge is -2.16. The van der Waals surface area contributed by atoms with E-state index >= 15 is 0 Å². The van der Waals surface area contributed by atoms with Crippen molar-refractivity contribution in [3.05, 3.63) is 42.1 Å². The molecule has 0 aliphatic carbocycles. The number of anilines is 2. The van der Waals surface area contributed by atoms with Gasteiger partial charge >= 0.3 is 0 Å². The molecule has 0 atom stereocenters. The Bertz CT molecular complexity index is 683. The SMILES string of the molecule is CC(C)(C)c1cnc(CNc2ccc(N3CCCC3=O)cc2)o1. The predicted octanol–water partition coefficient (Wildman–Crippen LogP) is 3.71. The van der Waals surface area contributed by atoms with Gasteiger partial charge in [-0.1, -0.05) is 20.8 Å². The molecular formula is C18H23N3O2. The van der Waals surface area contributed by atoms with Gasteiger partial charge in [0, 0.05) is 29.8 Å². The second-order valence-electron chi connectivity index (χ2n) is 6.92. The number of hydrogen-bond acceptors (Lipinski definition) is 4. The molecule has 2 heterocycles. The smallest absolute Gasteiger partial charge is 0.227 e. The van der Waals surface area contributed by atoms with E-state index < -0.39 is 0 Å². The molecule has 5 nitrogen and oxygen atoms in total. The Kier molecular flexibility index (Phi) is 4.11. The molecule has 1 saturated heterocycles. The predicted molar refractivity (Wildman–Crippen MR) is 90.6 cm³/mol. The van der Waals surface area contributed by atoms with Crippen LogP contribution in [0.4, 0.5) is 11.4 Å². The van der Waals surface area contributed by atoms with Crippen molar-refractivity contribution in [3.63, 3.8) is 0 Å². The van der Waals surface area contributed by atoms with Gasteiger partial charge in [0.25, 0.3) is 0 Å². The van der Waals surface area contributed by atoms with E-state index in [9.17, 15) is 4.79 Å². The van der Waals surface area contributed by atoms with Crippen molar-refractivity contribution in [2.75, 3.05) is 16.8 Å². The van der Waals surface area contributed by atoms with Crippen LogP contribution in [-0.4, -0.2) is 17.4 Å². The van der Waals surface area contributed by atoms with Gasteiger partial charge in [-0.2, -0.15) is 0 Å². The van der Waals surface area contributed by atoms with E-state index in [0.29, 0.717) is 18.9 Å². The molecule has 0 saturated carbocycles. The quantitative estimate of drug-likeness (QED) is 0.935. The number of oxazole rings is 1. The third-order valence-electron chi connectivity index (χ3n) is 3.99. The van der Waals surface area contributed by atoms with E-state index in [2.05, 4.69) is 31.1 Å². The van der Waals surface area contributed by atoms with Crippen molar-refractivity contribution < 1.29 is 9.21 Å². The Morgan fingerprint density at radius 1 is 1.26 bits per heavy atom. The van der Waals surface area contributed by atoms with Crippen molar-refractivity contribution in [2.24, 2.45) is 0 Å². The van der Waals surface area contributed by atoms with Gasteiger partial charge in [0.1, 0.15) is 5.76 Å². The fourth-order valence-corrected chi connectivity index (χ4v) is 2.60. The topological polar surface area (TPSA) is 58.4 Å². The van der Waals surface area contributed by atoms with Crippen LogP contribution >= 0.6 is 0 Å². The number of nitrogens with zero attached hydrogens (tertiary/aromatic N) is 2. The van der Waals surface area contributed by atoms with Crippen LogP contribution in [0.3, 0.4) is 0 Å². The van der Waals surface area contributed by atoms with Crippen LogP contribution in [0.25, 0.3) is 0 Å². The molecule has 1 fully saturated rings. The van der Waals surface area contributed by atoms with Crippen molar-refractivity contribution in [1.29, 1.82) is 0 Å². The summed E-state index contributed by atoms with van der Waals surface area (Å²) in [6.45, 7) is 7.66. The summed E-state index contributed by atoms with van der Waals surface area (Å²) in [5.41, 5.74) is 1.91. The van der Waals surface area contributed by atoms with Crippen LogP contribution in [0.1, 0.15) is 45.3 Å². The van der Waals surface area contributed by atoms with Gasteiger partial charge in [0.2, 0.25) is 11.8 Å². The molecule has 1 aliphatic heterocycles. The Hall–Kier alpha value is -2.30. The van der Waals surface area contributed by atoms with Crippen LogP contribution in [0.15, 0.2) is 34.9 Å². The summed E-state index contributed by atoms with van der Waals surface area (Å²) in [5.74, 6) is 1.77. The minimum Gasteiger partial charge on any atom is -0.443 e. The number of aromatic nitrogens is 1. The Labute approximate surface area is 136 Å². The maximum absolute atomic E-state index is 11.7. The Balaban J connectivity index is 1.60. The highest BCUT2D eigenvalue weighted by molar-refractivity contribution is 5.95. The number of nitrogens with one attached hydrogen (secondary N) is 1. The number of benzene rings is 1. The first-order valence-corrected chi connectivity index (χ1v) is 8.03. The van der Waals surface area contributed by atoms with Crippen LogP contribution in [-0.2, 0) is 16.8 Å². The second-order valence-corrected chi connectivity index (χ2v) is 6.92. The van der Waals surface area contributed by atoms with Crippen molar-refractivity contribution in [1.82, 2.24) is 4.98 Å². The van der Waals surface area contributed by atoms with E-state index in [1.807, 2.05) is 29.2 Å². The number of amides is 1. The van der Waals surface area contributed by atoms with Gasteiger partial charge in [-0.25, -0.2) is 4.98 Å². The number of rotatable bonds is 4. The zero-order valence-electron chi connectivity index (χ0n) is 13.9. The lowest BCUT2D eigenvalue weighted by Crippen LogP contribution is -2.23. The number of carbonyl (C=O) groups excluding carboxylic acids is 1. The normalized spacial score (nSPS) is 15.3. The standard InChI is InChI=1S/C18H23N3O2/c1-18(2,3)15-11-20-16(23-15)12-19-13-6-8-14(9-7-13)21-10-4-5-17(21)22/h6-9,11,19H,4-5,10,12H2,1-3H3. The lowest BCUT2D eigenvalue weighted by molar-refractivity contribution is -0.117. The summed E-state index contributed by atoms with van der Waals surface area (Å²) in [5, 5.41) is 3.30. The van der Waals surface area contributed by atoms with E-state index in [1.54, 1.807) is 6.20 Å². The first-order chi connectivity index (χ1) is 10.9. The summed E-state index contributed by atoms with van der Waals surface area (Å²) in [6, 6.07) is 7.91. The minimum absolute atomic E-state index is 0.0326. The maximum atomic E-state index is 11.7. The summed E-state index contributed by atoms with van der Waals surface area (Å²) < 4.78 is 5.76.